The Morgan fingerprint density at radius 1 is 0.488 bits per heavy atom. The Hall–Kier alpha value is -10.1. The van der Waals surface area contributed by atoms with E-state index in [2.05, 4.69) is 43.8 Å². The van der Waals surface area contributed by atoms with Gasteiger partial charge in [0.15, 0.2) is 8.07 Å². The summed E-state index contributed by atoms with van der Waals surface area (Å²) in [5, 5.41) is -0.364. The molecule has 0 fully saturated rings. The maximum absolute atomic E-state index is 10.1. The third-order valence-corrected chi connectivity index (χ3v) is 19.6. The zero-order valence-electron chi connectivity index (χ0n) is 64.3. The molecule has 4 heterocycles. The van der Waals surface area contributed by atoms with Gasteiger partial charge >= 0.3 is 0 Å². The SMILES string of the molecule is [2H]c1c([2H])c([2H])c(-c2cccc3c2-c2cccc4c2[n+]([c-]n4-c2cccc(Oc4ccc5c6ccccc6n(-c6cc(C(C)(C)C)ccn6)c5c4)c2)-c2c(cccc2[Si](c2c([2H])c([2H])c([2H])c([2H])c2[2H])(c2c([2H])c([2H])c([2H])c([2H])c2[2H])c2c([2H])c([2H])c([2H])c([2H])c2[2H])-c2ccccc2-3)c([2H])c1[2H]. The van der Waals surface area contributed by atoms with E-state index in [1.54, 1.807) is 106 Å². The van der Waals surface area contributed by atoms with Crippen molar-refractivity contribution in [1.29, 1.82) is 0 Å². The number of para-hydroxylation sites is 3. The van der Waals surface area contributed by atoms with Gasteiger partial charge in [0, 0.05) is 23.0 Å². The summed E-state index contributed by atoms with van der Waals surface area (Å²) in [6.07, 6.45) is 5.43. The molecule has 0 unspecified atom stereocenters. The molecule has 15 rings (SSSR count). The molecule has 0 spiro atoms. The smallest absolute Gasteiger partial charge is 0.269 e. The van der Waals surface area contributed by atoms with Gasteiger partial charge in [-0.05, 0) is 125 Å². The molecular weight excluding hydrogens is 1010 g/mol. The highest BCUT2D eigenvalue weighted by Crippen LogP contribution is 2.47. The van der Waals surface area contributed by atoms with Gasteiger partial charge in [-0.1, -0.05) is 245 Å². The summed E-state index contributed by atoms with van der Waals surface area (Å²) >= 11 is 0. The third-order valence-electron chi connectivity index (χ3n) is 15.4. The van der Waals surface area contributed by atoms with E-state index in [0.717, 1.165) is 27.4 Å². The molecule has 0 aliphatic carbocycles. The minimum absolute atomic E-state index is 0.0194. The lowest BCUT2D eigenvalue weighted by atomic mass is 9.85. The van der Waals surface area contributed by atoms with Crippen molar-refractivity contribution in [2.24, 2.45) is 0 Å². The highest BCUT2D eigenvalue weighted by atomic mass is 28.3. The number of hydrogen-bond donors (Lipinski definition) is 0. The molecule has 6 heteroatoms. The molecular formula is C76H56N4OSi. The average molecular weight is 1090 g/mol. The average Bonchev–Trinajstić information content (AvgIpc) is 1.02. The minimum Gasteiger partial charge on any atom is -0.458 e. The van der Waals surface area contributed by atoms with Crippen LogP contribution >= 0.6 is 0 Å². The van der Waals surface area contributed by atoms with Gasteiger partial charge < -0.3 is 4.74 Å². The Balaban J connectivity index is 1.10. The van der Waals surface area contributed by atoms with Gasteiger partial charge in [-0.15, -0.1) is 0 Å². The highest BCUT2D eigenvalue weighted by molar-refractivity contribution is 7.20. The number of rotatable bonds is 9. The van der Waals surface area contributed by atoms with Crippen molar-refractivity contribution >= 4 is 61.7 Å². The molecule has 0 saturated heterocycles. The van der Waals surface area contributed by atoms with Gasteiger partial charge in [0.2, 0.25) is 0 Å². The summed E-state index contributed by atoms with van der Waals surface area (Å²) in [6, 6.07) is 30.5. The van der Waals surface area contributed by atoms with E-state index in [1.807, 2.05) is 48.5 Å². The van der Waals surface area contributed by atoms with Gasteiger partial charge in [-0.25, -0.2) is 4.98 Å². The third kappa shape index (κ3) is 7.89. The Morgan fingerprint density at radius 2 is 1.05 bits per heavy atom. The van der Waals surface area contributed by atoms with Crippen molar-refractivity contribution in [3.63, 3.8) is 0 Å². The topological polar surface area (TPSA) is 35.9 Å². The zero-order valence-corrected chi connectivity index (χ0v) is 45.3. The lowest BCUT2D eigenvalue weighted by Crippen LogP contribution is -2.76. The molecule has 0 atom stereocenters. The molecule has 5 nitrogen and oxygen atoms in total. The molecule has 0 N–H and O–H groups in total. The second-order valence-electron chi connectivity index (χ2n) is 21.0. The first kappa shape index (κ1) is 32.2. The molecule has 0 bridgehead atoms. The van der Waals surface area contributed by atoms with Crippen LogP contribution in [-0.4, -0.2) is 22.2 Å². The van der Waals surface area contributed by atoms with Crippen LogP contribution in [0.25, 0.3) is 94.5 Å². The summed E-state index contributed by atoms with van der Waals surface area (Å²) < 4.78 is 202. The van der Waals surface area contributed by atoms with Crippen molar-refractivity contribution in [2.45, 2.75) is 26.2 Å². The van der Waals surface area contributed by atoms with Crippen LogP contribution in [0.2, 0.25) is 0 Å². The van der Waals surface area contributed by atoms with Gasteiger partial charge in [0.05, 0.1) is 60.9 Å². The van der Waals surface area contributed by atoms with E-state index < -0.39 is 144 Å². The Morgan fingerprint density at radius 3 is 1.77 bits per heavy atom. The molecule has 0 saturated carbocycles. The van der Waals surface area contributed by atoms with Crippen LogP contribution in [-0.2, 0) is 5.41 Å². The summed E-state index contributed by atoms with van der Waals surface area (Å²) in [4.78, 5) is 4.87. The van der Waals surface area contributed by atoms with Crippen LogP contribution in [0.15, 0.2) is 285 Å². The fourth-order valence-electron chi connectivity index (χ4n) is 11.8. The first-order chi connectivity index (χ1) is 48.6. The molecule has 11 aromatic carbocycles. The predicted octanol–water partition coefficient (Wildman–Crippen LogP) is 15.6. The first-order valence-corrected chi connectivity index (χ1v) is 28.5. The lowest BCUT2D eigenvalue weighted by Gasteiger charge is -2.37. The van der Waals surface area contributed by atoms with Gasteiger partial charge in [-0.2, -0.15) is 0 Å². The first-order valence-electron chi connectivity index (χ1n) is 36.5. The van der Waals surface area contributed by atoms with Crippen LogP contribution < -0.4 is 30.1 Å². The largest absolute Gasteiger partial charge is 0.458 e. The molecule has 1 aliphatic rings. The predicted molar refractivity (Wildman–Crippen MR) is 340 cm³/mol. The van der Waals surface area contributed by atoms with E-state index in [-0.39, 0.29) is 38.5 Å². The van der Waals surface area contributed by atoms with Crippen LogP contribution in [0, 0.1) is 6.33 Å². The van der Waals surface area contributed by atoms with E-state index in [0.29, 0.717) is 56.3 Å². The normalized spacial score (nSPS) is 15.5. The van der Waals surface area contributed by atoms with Crippen molar-refractivity contribution < 1.29 is 36.7 Å². The molecule has 14 aromatic rings. The molecule has 3 aromatic heterocycles. The van der Waals surface area contributed by atoms with Crippen molar-refractivity contribution in [3.8, 4) is 73.2 Å². The molecule has 82 heavy (non-hydrogen) atoms. The molecule has 390 valence electrons. The second-order valence-corrected chi connectivity index (χ2v) is 24.5. The highest BCUT2D eigenvalue weighted by Gasteiger charge is 2.44. The number of pyridine rings is 1. The van der Waals surface area contributed by atoms with Crippen molar-refractivity contribution in [2.75, 3.05) is 0 Å². The van der Waals surface area contributed by atoms with E-state index in [9.17, 15) is 19.2 Å². The molecule has 0 radical (unpaired) electrons. The number of hydrogen-bond acceptors (Lipinski definition) is 2. The number of ether oxygens (including phenoxy) is 1. The quantitative estimate of drug-likeness (QED) is 0.0625. The number of aromatic nitrogens is 4. The van der Waals surface area contributed by atoms with E-state index >= 15 is 0 Å². The fourth-order valence-corrected chi connectivity index (χ4v) is 15.8. The van der Waals surface area contributed by atoms with Crippen LogP contribution in [0.1, 0.15) is 53.7 Å². The number of benzene rings is 11. The summed E-state index contributed by atoms with van der Waals surface area (Å²) in [6.45, 7) is 6.43. The van der Waals surface area contributed by atoms with Crippen molar-refractivity contribution in [1.82, 2.24) is 14.1 Å². The fraction of sp³-hybridized carbons (Fsp3) is 0.0526. The second kappa shape index (κ2) is 19.6. The van der Waals surface area contributed by atoms with E-state index in [1.165, 1.54) is 6.07 Å². The standard InChI is InChI=1S/C76H56N4OSi/c1-76(2,3)53-46-47-77-72(48-53)80-68-41-19-18-36-63(68)64-45-44-56(50-70(64)80)81-55-27-20-26-54(49-55)78-51-79-74-67(40-22-42-69(74)78)73-60(52-24-8-4-9-25-52)37-21-38-65(73)61-34-16-17-35-62(61)66-39-23-43-71(75(66)79)82(57-28-10-5-11-29-57,58-30-12-6-13-31-58)59-32-14-7-15-33-59/h4-50H,1-3H3/i4D,5D,6D,7D,8D,9D,10D,11D,12D,13D,14D,15D,24D,25D,28D,29D,30D,31D,32D,33D. The Kier molecular flexibility index (Phi) is 7.69. The molecule has 1 aliphatic heterocycles. The van der Waals surface area contributed by atoms with Gasteiger partial charge in [0.1, 0.15) is 17.3 Å². The van der Waals surface area contributed by atoms with Crippen molar-refractivity contribution in [3.05, 3.63) is 297 Å². The summed E-state index contributed by atoms with van der Waals surface area (Å²) in [5.74, 6) is 1.52. The van der Waals surface area contributed by atoms with Crippen LogP contribution in [0.3, 0.4) is 0 Å². The lowest BCUT2D eigenvalue weighted by molar-refractivity contribution is -0.570. The van der Waals surface area contributed by atoms with Crippen LogP contribution in [0.4, 0.5) is 0 Å². The number of nitrogens with zero attached hydrogens (tertiary/aromatic N) is 4. The van der Waals surface area contributed by atoms with Gasteiger partial charge in [0.25, 0.3) is 6.33 Å². The number of fused-ring (bicyclic) bond motifs is 10. The minimum atomic E-state index is -5.96. The van der Waals surface area contributed by atoms with E-state index in [4.69, 9.17) is 17.9 Å². The summed E-state index contributed by atoms with van der Waals surface area (Å²) in [7, 11) is -5.96. The van der Waals surface area contributed by atoms with Gasteiger partial charge in [-0.3, -0.25) is 13.7 Å². The summed E-state index contributed by atoms with van der Waals surface area (Å²) in [5.41, 5.74) is 5.93. The zero-order chi connectivity index (χ0) is 72.3. The van der Waals surface area contributed by atoms with Crippen LogP contribution in [0.5, 0.6) is 11.5 Å². The maximum Gasteiger partial charge on any atom is 0.269 e. The Labute approximate surface area is 507 Å². The molecule has 0 amide bonds. The monoisotopic (exact) mass is 1090 g/mol. The Bertz CT molecular complexity index is 5740. The maximum atomic E-state index is 10.1. The number of imidazole rings is 1.